The maximum atomic E-state index is 12.7. The number of nitrogens with zero attached hydrogens (tertiary/aromatic N) is 1. The molecule has 130 valence electrons. The molecule has 2 aromatic carbocycles. The third kappa shape index (κ3) is 4.96. The van der Waals surface area contributed by atoms with Gasteiger partial charge < -0.3 is 9.64 Å². The zero-order chi connectivity index (χ0) is 17.5. The molecule has 1 fully saturated rings. The van der Waals surface area contributed by atoms with Crippen LogP contribution in [0.2, 0.25) is 0 Å². The smallest absolute Gasteiger partial charge is 0.246 e. The van der Waals surface area contributed by atoms with E-state index in [9.17, 15) is 4.79 Å². The largest absolute Gasteiger partial charge is 0.497 e. The minimum Gasteiger partial charge on any atom is -0.497 e. The normalized spacial score (nSPS) is 14.3. The number of benzene rings is 2. The molecule has 3 rings (SSSR count). The second-order valence-electron chi connectivity index (χ2n) is 6.61. The lowest BCUT2D eigenvalue weighted by Crippen LogP contribution is -2.36. The number of ether oxygens (including phenoxy) is 1. The first-order chi connectivity index (χ1) is 12.2. The summed E-state index contributed by atoms with van der Waals surface area (Å²) in [6, 6.07) is 17.9. The number of carbonyl (C=O) groups is 1. The number of rotatable bonds is 7. The molecule has 1 aliphatic rings. The maximum absolute atomic E-state index is 12.7. The van der Waals surface area contributed by atoms with Crippen molar-refractivity contribution in [3.63, 3.8) is 0 Å². The monoisotopic (exact) mass is 335 g/mol. The summed E-state index contributed by atoms with van der Waals surface area (Å²) in [6.45, 7) is 1.52. The fraction of sp³-hybridized carbons (Fsp3) is 0.318. The van der Waals surface area contributed by atoms with Gasteiger partial charge in [-0.25, -0.2) is 0 Å². The molecule has 0 radical (unpaired) electrons. The molecule has 1 saturated carbocycles. The van der Waals surface area contributed by atoms with E-state index in [1.165, 1.54) is 24.8 Å². The molecular weight excluding hydrogens is 310 g/mol. The van der Waals surface area contributed by atoms with Crippen LogP contribution in [0.3, 0.4) is 0 Å². The Labute approximate surface area is 149 Å². The molecule has 0 unspecified atom stereocenters. The van der Waals surface area contributed by atoms with E-state index in [0.717, 1.165) is 17.9 Å². The lowest BCUT2D eigenvalue weighted by molar-refractivity contribution is -0.127. The number of carbonyl (C=O) groups excluding carboxylic acids is 1. The molecule has 0 heterocycles. The van der Waals surface area contributed by atoms with Crippen LogP contribution in [0.1, 0.15) is 30.4 Å². The highest BCUT2D eigenvalue weighted by molar-refractivity contribution is 5.91. The highest BCUT2D eigenvalue weighted by Crippen LogP contribution is 2.27. The molecule has 0 saturated heterocycles. The van der Waals surface area contributed by atoms with Gasteiger partial charge in [0.2, 0.25) is 5.91 Å². The molecule has 1 aliphatic carbocycles. The summed E-state index contributed by atoms with van der Waals surface area (Å²) >= 11 is 0. The van der Waals surface area contributed by atoms with Crippen LogP contribution in [-0.4, -0.2) is 24.5 Å². The molecular formula is C22H25NO2. The van der Waals surface area contributed by atoms with Gasteiger partial charge in [-0.1, -0.05) is 48.9 Å². The zero-order valence-electron chi connectivity index (χ0n) is 14.7. The van der Waals surface area contributed by atoms with Gasteiger partial charge in [-0.05, 0) is 48.1 Å². The Morgan fingerprint density at radius 2 is 1.84 bits per heavy atom. The third-order valence-electron chi connectivity index (χ3n) is 4.77. The van der Waals surface area contributed by atoms with Gasteiger partial charge in [-0.15, -0.1) is 0 Å². The van der Waals surface area contributed by atoms with Gasteiger partial charge in [-0.3, -0.25) is 4.79 Å². The van der Waals surface area contributed by atoms with Crippen molar-refractivity contribution < 1.29 is 9.53 Å². The molecule has 0 aliphatic heterocycles. The molecule has 1 amide bonds. The quantitative estimate of drug-likeness (QED) is 0.695. The van der Waals surface area contributed by atoms with Gasteiger partial charge in [0, 0.05) is 19.2 Å². The topological polar surface area (TPSA) is 29.5 Å². The summed E-state index contributed by atoms with van der Waals surface area (Å²) < 4.78 is 5.16. The first-order valence-electron chi connectivity index (χ1n) is 8.89. The van der Waals surface area contributed by atoms with Crippen LogP contribution in [-0.2, 0) is 11.3 Å². The van der Waals surface area contributed by atoms with E-state index in [-0.39, 0.29) is 5.91 Å². The first kappa shape index (κ1) is 17.3. The molecule has 3 heteroatoms. The van der Waals surface area contributed by atoms with Gasteiger partial charge in [0.05, 0.1) is 7.11 Å². The Hall–Kier alpha value is -2.55. The zero-order valence-corrected chi connectivity index (χ0v) is 14.7. The minimum absolute atomic E-state index is 0.0755. The van der Waals surface area contributed by atoms with Crippen LogP contribution in [0.5, 0.6) is 5.75 Å². The fourth-order valence-corrected chi connectivity index (χ4v) is 3.01. The second kappa shape index (κ2) is 8.52. The molecule has 25 heavy (non-hydrogen) atoms. The van der Waals surface area contributed by atoms with Gasteiger partial charge in [0.1, 0.15) is 5.75 Å². The molecule has 0 aromatic heterocycles. The van der Waals surface area contributed by atoms with Crippen molar-refractivity contribution in [2.45, 2.75) is 25.8 Å². The maximum Gasteiger partial charge on any atom is 0.246 e. The number of hydrogen-bond acceptors (Lipinski definition) is 2. The SMILES string of the molecule is COc1ccc(/C=C/C(=O)N(Cc2ccccc2)CC2CCC2)cc1. The van der Waals surface area contributed by atoms with Crippen molar-refractivity contribution in [2.75, 3.05) is 13.7 Å². The average molecular weight is 335 g/mol. The number of methoxy groups -OCH3 is 1. The first-order valence-corrected chi connectivity index (χ1v) is 8.89. The van der Waals surface area contributed by atoms with Crippen LogP contribution in [0.25, 0.3) is 6.08 Å². The van der Waals surface area contributed by atoms with Gasteiger partial charge in [-0.2, -0.15) is 0 Å². The Balaban J connectivity index is 1.67. The van der Waals surface area contributed by atoms with E-state index in [2.05, 4.69) is 12.1 Å². The summed E-state index contributed by atoms with van der Waals surface area (Å²) in [4.78, 5) is 14.7. The van der Waals surface area contributed by atoms with Crippen LogP contribution in [0.15, 0.2) is 60.7 Å². The van der Waals surface area contributed by atoms with Crippen LogP contribution in [0, 0.1) is 5.92 Å². The minimum atomic E-state index is 0.0755. The summed E-state index contributed by atoms with van der Waals surface area (Å²) in [6.07, 6.45) is 7.32. The molecule has 2 aromatic rings. The van der Waals surface area contributed by atoms with Gasteiger partial charge in [0.15, 0.2) is 0 Å². The van der Waals surface area contributed by atoms with Crippen molar-refractivity contribution in [1.29, 1.82) is 0 Å². The lowest BCUT2D eigenvalue weighted by Gasteiger charge is -2.32. The van der Waals surface area contributed by atoms with E-state index in [0.29, 0.717) is 12.5 Å². The Morgan fingerprint density at radius 1 is 1.12 bits per heavy atom. The highest BCUT2D eigenvalue weighted by Gasteiger charge is 2.22. The van der Waals surface area contributed by atoms with E-state index in [1.54, 1.807) is 13.2 Å². The van der Waals surface area contributed by atoms with Crippen LogP contribution >= 0.6 is 0 Å². The van der Waals surface area contributed by atoms with Crippen molar-refractivity contribution in [2.24, 2.45) is 5.92 Å². The molecule has 0 N–H and O–H groups in total. The van der Waals surface area contributed by atoms with E-state index in [4.69, 9.17) is 4.74 Å². The Bertz CT molecular complexity index is 703. The van der Waals surface area contributed by atoms with Crippen LogP contribution in [0.4, 0.5) is 0 Å². The molecule has 3 nitrogen and oxygen atoms in total. The standard InChI is InChI=1S/C22H25NO2/c1-25-21-13-10-18(11-14-21)12-15-22(24)23(17-20-8-5-9-20)16-19-6-3-2-4-7-19/h2-4,6-7,10-15,20H,5,8-9,16-17H2,1H3/b15-12+. The average Bonchev–Trinajstić information content (AvgIpc) is 2.63. The van der Waals surface area contributed by atoms with Crippen LogP contribution < -0.4 is 4.74 Å². The van der Waals surface area contributed by atoms with Crippen molar-refractivity contribution in [3.8, 4) is 5.75 Å². The highest BCUT2D eigenvalue weighted by atomic mass is 16.5. The van der Waals surface area contributed by atoms with E-state index < -0.39 is 0 Å². The summed E-state index contributed by atoms with van der Waals surface area (Å²) in [5.41, 5.74) is 2.17. The molecule has 0 bridgehead atoms. The molecule has 0 spiro atoms. The summed E-state index contributed by atoms with van der Waals surface area (Å²) in [5, 5.41) is 0. The number of hydrogen-bond donors (Lipinski definition) is 0. The predicted octanol–water partition coefficient (Wildman–Crippen LogP) is 4.54. The lowest BCUT2D eigenvalue weighted by atomic mass is 9.85. The van der Waals surface area contributed by atoms with E-state index >= 15 is 0 Å². The fourth-order valence-electron chi connectivity index (χ4n) is 3.01. The Kier molecular flexibility index (Phi) is 5.89. The molecule has 0 atom stereocenters. The predicted molar refractivity (Wildman–Crippen MR) is 101 cm³/mol. The van der Waals surface area contributed by atoms with Gasteiger partial charge >= 0.3 is 0 Å². The second-order valence-corrected chi connectivity index (χ2v) is 6.61. The summed E-state index contributed by atoms with van der Waals surface area (Å²) in [7, 11) is 1.65. The van der Waals surface area contributed by atoms with Crippen molar-refractivity contribution in [3.05, 3.63) is 71.8 Å². The van der Waals surface area contributed by atoms with E-state index in [1.807, 2.05) is 53.4 Å². The van der Waals surface area contributed by atoms with Gasteiger partial charge in [0.25, 0.3) is 0 Å². The van der Waals surface area contributed by atoms with Crippen molar-refractivity contribution in [1.82, 2.24) is 4.90 Å². The summed E-state index contributed by atoms with van der Waals surface area (Å²) in [5.74, 6) is 1.55. The van der Waals surface area contributed by atoms with Crippen molar-refractivity contribution >= 4 is 12.0 Å². The third-order valence-corrected chi connectivity index (χ3v) is 4.77. The Morgan fingerprint density at radius 3 is 2.44 bits per heavy atom. The number of amides is 1.